The molecule has 1 aromatic heterocycles. The molecule has 1 amide bonds. The van der Waals surface area contributed by atoms with Gasteiger partial charge in [0.05, 0.1) is 0 Å². The van der Waals surface area contributed by atoms with Crippen molar-refractivity contribution in [1.29, 1.82) is 0 Å². The van der Waals surface area contributed by atoms with Gasteiger partial charge in [0.2, 0.25) is 0 Å². The molecule has 0 bridgehead atoms. The third kappa shape index (κ3) is 4.61. The number of rotatable bonds is 3. The van der Waals surface area contributed by atoms with E-state index in [1.165, 1.54) is 0 Å². The van der Waals surface area contributed by atoms with Crippen LogP contribution in [0.5, 0.6) is 0 Å². The standard InChI is InChI=1S/C17H23NO5/c1-11-9-14(22-13(11)10-15(19)20)12-5-7-18(8-6-12)16(21)23-17(2,3)4/h5,9H,6-8,10H2,1-4H3,(H,19,20). The number of aliphatic carboxylic acids is 1. The summed E-state index contributed by atoms with van der Waals surface area (Å²) in [7, 11) is 0. The van der Waals surface area contributed by atoms with Gasteiger partial charge in [-0.05, 0) is 51.3 Å². The smallest absolute Gasteiger partial charge is 0.410 e. The first-order chi connectivity index (χ1) is 10.7. The van der Waals surface area contributed by atoms with Crippen LogP contribution in [0.25, 0.3) is 5.57 Å². The topological polar surface area (TPSA) is 80.0 Å². The summed E-state index contributed by atoms with van der Waals surface area (Å²) in [4.78, 5) is 24.5. The molecule has 0 spiro atoms. The van der Waals surface area contributed by atoms with Crippen LogP contribution in [0.3, 0.4) is 0 Å². The Labute approximate surface area is 135 Å². The molecule has 1 aromatic rings. The maximum atomic E-state index is 12.0. The fraction of sp³-hybridized carbons (Fsp3) is 0.529. The van der Waals surface area contributed by atoms with Crippen molar-refractivity contribution >= 4 is 17.6 Å². The first-order valence-corrected chi connectivity index (χ1v) is 7.64. The van der Waals surface area contributed by atoms with Crippen molar-refractivity contribution in [3.05, 3.63) is 29.2 Å². The van der Waals surface area contributed by atoms with Gasteiger partial charge < -0.3 is 19.2 Å². The lowest BCUT2D eigenvalue weighted by molar-refractivity contribution is -0.136. The van der Waals surface area contributed by atoms with Crippen molar-refractivity contribution in [1.82, 2.24) is 4.90 Å². The van der Waals surface area contributed by atoms with Gasteiger partial charge in [-0.2, -0.15) is 0 Å². The molecule has 1 aliphatic heterocycles. The molecule has 0 radical (unpaired) electrons. The van der Waals surface area contributed by atoms with Crippen molar-refractivity contribution in [2.24, 2.45) is 0 Å². The lowest BCUT2D eigenvalue weighted by Crippen LogP contribution is -2.39. The number of hydrogen-bond acceptors (Lipinski definition) is 4. The van der Waals surface area contributed by atoms with Crippen LogP contribution in [0.2, 0.25) is 0 Å². The van der Waals surface area contributed by atoms with Crippen LogP contribution >= 0.6 is 0 Å². The van der Waals surface area contributed by atoms with Gasteiger partial charge in [-0.25, -0.2) is 4.79 Å². The van der Waals surface area contributed by atoms with Gasteiger partial charge in [0, 0.05) is 13.1 Å². The van der Waals surface area contributed by atoms with Crippen LogP contribution in [0, 0.1) is 6.92 Å². The average Bonchev–Trinajstić information content (AvgIpc) is 2.78. The van der Waals surface area contributed by atoms with Gasteiger partial charge in [0.1, 0.15) is 23.5 Å². The van der Waals surface area contributed by atoms with E-state index in [0.29, 0.717) is 31.0 Å². The number of carbonyl (C=O) groups is 2. The van der Waals surface area contributed by atoms with Crippen molar-refractivity contribution in [2.75, 3.05) is 13.1 Å². The highest BCUT2D eigenvalue weighted by molar-refractivity contribution is 5.73. The minimum Gasteiger partial charge on any atom is -0.481 e. The SMILES string of the molecule is Cc1cc(C2=CCN(C(=O)OC(C)(C)C)CC2)oc1CC(=O)O. The first kappa shape index (κ1) is 17.1. The van der Waals surface area contributed by atoms with Gasteiger partial charge in [0.15, 0.2) is 0 Å². The molecule has 1 N–H and O–H groups in total. The van der Waals surface area contributed by atoms with E-state index in [4.69, 9.17) is 14.3 Å². The predicted octanol–water partition coefficient (Wildman–Crippen LogP) is 3.24. The largest absolute Gasteiger partial charge is 0.481 e. The van der Waals surface area contributed by atoms with E-state index in [9.17, 15) is 9.59 Å². The van der Waals surface area contributed by atoms with Gasteiger partial charge in [-0.1, -0.05) is 6.08 Å². The van der Waals surface area contributed by atoms with E-state index >= 15 is 0 Å². The number of carbonyl (C=O) groups excluding carboxylic acids is 1. The number of carboxylic acid groups (broad SMARTS) is 1. The zero-order valence-corrected chi connectivity index (χ0v) is 14.0. The Bertz CT molecular complexity index is 636. The molecule has 0 fully saturated rings. The van der Waals surface area contributed by atoms with E-state index in [1.54, 1.807) is 4.90 Å². The van der Waals surface area contributed by atoms with Gasteiger partial charge in [-0.3, -0.25) is 4.79 Å². The Kier molecular flexibility index (Phi) is 4.82. The molecular weight excluding hydrogens is 298 g/mol. The van der Waals surface area contributed by atoms with Crippen molar-refractivity contribution in [2.45, 2.75) is 46.1 Å². The minimum absolute atomic E-state index is 0.122. The fourth-order valence-corrected chi connectivity index (χ4v) is 2.38. The molecular formula is C17H23NO5. The number of amides is 1. The zero-order chi connectivity index (χ0) is 17.2. The molecule has 2 heterocycles. The van der Waals surface area contributed by atoms with Crippen LogP contribution in [-0.2, 0) is 16.0 Å². The summed E-state index contributed by atoms with van der Waals surface area (Å²) < 4.78 is 11.0. The molecule has 0 unspecified atom stereocenters. The Hall–Kier alpha value is -2.24. The Balaban J connectivity index is 2.04. The molecule has 1 aliphatic rings. The summed E-state index contributed by atoms with van der Waals surface area (Å²) in [6, 6.07) is 1.85. The molecule has 0 aliphatic carbocycles. The maximum Gasteiger partial charge on any atom is 0.410 e. The molecule has 126 valence electrons. The molecule has 2 rings (SSSR count). The van der Waals surface area contributed by atoms with Gasteiger partial charge in [0.25, 0.3) is 0 Å². The minimum atomic E-state index is -0.914. The quantitative estimate of drug-likeness (QED) is 0.924. The van der Waals surface area contributed by atoms with Crippen LogP contribution in [-0.4, -0.2) is 40.8 Å². The summed E-state index contributed by atoms with van der Waals surface area (Å²) in [6.07, 6.45) is 2.13. The van der Waals surface area contributed by atoms with Crippen LogP contribution in [0.15, 0.2) is 16.6 Å². The summed E-state index contributed by atoms with van der Waals surface area (Å²) in [5, 5.41) is 8.87. The van der Waals surface area contributed by atoms with Gasteiger partial charge in [-0.15, -0.1) is 0 Å². The molecule has 0 atom stereocenters. The van der Waals surface area contributed by atoms with Crippen LogP contribution in [0.4, 0.5) is 4.79 Å². The third-order valence-electron chi connectivity index (χ3n) is 3.51. The third-order valence-corrected chi connectivity index (χ3v) is 3.51. The summed E-state index contributed by atoms with van der Waals surface area (Å²) in [6.45, 7) is 8.36. The number of aryl methyl sites for hydroxylation is 1. The van der Waals surface area contributed by atoms with Crippen molar-refractivity contribution < 1.29 is 23.8 Å². The zero-order valence-electron chi connectivity index (χ0n) is 14.0. The summed E-state index contributed by atoms with van der Waals surface area (Å²) in [5.41, 5.74) is 1.31. The molecule has 6 heteroatoms. The molecule has 0 aromatic carbocycles. The highest BCUT2D eigenvalue weighted by atomic mass is 16.6. The van der Waals surface area contributed by atoms with E-state index in [0.717, 1.165) is 11.1 Å². The Morgan fingerprint density at radius 2 is 2.09 bits per heavy atom. The van der Waals surface area contributed by atoms with E-state index in [1.807, 2.05) is 39.8 Å². The predicted molar refractivity (Wildman–Crippen MR) is 85.2 cm³/mol. The van der Waals surface area contributed by atoms with Crippen LogP contribution < -0.4 is 0 Å². The monoisotopic (exact) mass is 321 g/mol. The first-order valence-electron chi connectivity index (χ1n) is 7.64. The fourth-order valence-electron chi connectivity index (χ4n) is 2.38. The summed E-state index contributed by atoms with van der Waals surface area (Å²) in [5.74, 6) is 0.244. The highest BCUT2D eigenvalue weighted by Crippen LogP contribution is 2.27. The molecule has 0 saturated heterocycles. The van der Waals surface area contributed by atoms with Gasteiger partial charge >= 0.3 is 12.1 Å². The van der Waals surface area contributed by atoms with Crippen molar-refractivity contribution in [3.63, 3.8) is 0 Å². The van der Waals surface area contributed by atoms with Crippen LogP contribution in [0.1, 0.15) is 44.3 Å². The van der Waals surface area contributed by atoms with Crippen molar-refractivity contribution in [3.8, 4) is 0 Å². The number of furan rings is 1. The second kappa shape index (κ2) is 6.48. The number of carboxylic acids is 1. The average molecular weight is 321 g/mol. The number of nitrogens with zero attached hydrogens (tertiary/aromatic N) is 1. The summed E-state index contributed by atoms with van der Waals surface area (Å²) >= 11 is 0. The lowest BCUT2D eigenvalue weighted by Gasteiger charge is -2.29. The number of ether oxygens (including phenoxy) is 1. The number of hydrogen-bond donors (Lipinski definition) is 1. The maximum absolute atomic E-state index is 12.0. The lowest BCUT2D eigenvalue weighted by atomic mass is 10.1. The van der Waals surface area contributed by atoms with E-state index in [2.05, 4.69) is 0 Å². The normalized spacial score (nSPS) is 15.3. The second-order valence-electron chi connectivity index (χ2n) is 6.69. The van der Waals surface area contributed by atoms with E-state index < -0.39 is 11.6 Å². The molecule has 0 saturated carbocycles. The molecule has 23 heavy (non-hydrogen) atoms. The highest BCUT2D eigenvalue weighted by Gasteiger charge is 2.25. The Morgan fingerprint density at radius 3 is 2.61 bits per heavy atom. The van der Waals surface area contributed by atoms with E-state index in [-0.39, 0.29) is 12.5 Å². The second-order valence-corrected chi connectivity index (χ2v) is 6.69. The Morgan fingerprint density at radius 1 is 1.39 bits per heavy atom. The molecule has 6 nitrogen and oxygen atoms in total.